The molecule has 25 heavy (non-hydrogen) atoms. The van der Waals surface area contributed by atoms with Gasteiger partial charge in [-0.25, -0.2) is 0 Å². The van der Waals surface area contributed by atoms with E-state index < -0.39 is 0 Å². The average molecular weight is 381 g/mol. The standard InChI is InChI=1S/C18H21ClN2O3S/c19-14-9-12(10-15-16(14)23-8-4-7-22-15)11-25-18-21-20-17(24-18)13-5-2-1-3-6-13/h9-10,13H,1-8,11H2. The van der Waals surface area contributed by atoms with Crippen LogP contribution in [0.25, 0.3) is 0 Å². The third-order valence-corrected chi connectivity index (χ3v) is 5.77. The van der Waals surface area contributed by atoms with Gasteiger partial charge >= 0.3 is 0 Å². The van der Waals surface area contributed by atoms with Crippen LogP contribution < -0.4 is 9.47 Å². The van der Waals surface area contributed by atoms with E-state index in [4.69, 9.17) is 25.5 Å². The van der Waals surface area contributed by atoms with Gasteiger partial charge in [0.1, 0.15) is 0 Å². The Hall–Kier alpha value is -1.40. The van der Waals surface area contributed by atoms with E-state index in [9.17, 15) is 0 Å². The molecule has 0 saturated heterocycles. The summed E-state index contributed by atoms with van der Waals surface area (Å²) in [6, 6.07) is 3.90. The predicted molar refractivity (Wildman–Crippen MR) is 96.7 cm³/mol. The summed E-state index contributed by atoms with van der Waals surface area (Å²) in [7, 11) is 0. The van der Waals surface area contributed by atoms with E-state index in [0.717, 1.165) is 30.7 Å². The van der Waals surface area contributed by atoms with Crippen molar-refractivity contribution in [3.8, 4) is 11.5 Å². The maximum atomic E-state index is 6.34. The lowest BCUT2D eigenvalue weighted by Crippen LogP contribution is -2.04. The van der Waals surface area contributed by atoms with Crippen molar-refractivity contribution in [1.82, 2.24) is 10.2 Å². The maximum Gasteiger partial charge on any atom is 0.276 e. The Labute approximate surface area is 156 Å². The first-order valence-corrected chi connectivity index (χ1v) is 10.2. The van der Waals surface area contributed by atoms with Crippen LogP contribution >= 0.6 is 23.4 Å². The van der Waals surface area contributed by atoms with Crippen molar-refractivity contribution >= 4 is 23.4 Å². The zero-order valence-corrected chi connectivity index (χ0v) is 15.6. The van der Waals surface area contributed by atoms with Crippen molar-refractivity contribution in [2.45, 2.75) is 55.4 Å². The fraction of sp³-hybridized carbons (Fsp3) is 0.556. The number of hydrogen-bond acceptors (Lipinski definition) is 6. The van der Waals surface area contributed by atoms with Gasteiger partial charge in [-0.2, -0.15) is 0 Å². The van der Waals surface area contributed by atoms with Gasteiger partial charge in [-0.05, 0) is 30.5 Å². The molecule has 0 radical (unpaired) electrons. The zero-order chi connectivity index (χ0) is 17.1. The lowest BCUT2D eigenvalue weighted by Gasteiger charge is -2.17. The van der Waals surface area contributed by atoms with E-state index in [2.05, 4.69) is 10.2 Å². The summed E-state index contributed by atoms with van der Waals surface area (Å²) >= 11 is 7.87. The number of nitrogens with zero attached hydrogens (tertiary/aromatic N) is 2. The van der Waals surface area contributed by atoms with Crippen LogP contribution in [-0.4, -0.2) is 23.4 Å². The van der Waals surface area contributed by atoms with E-state index in [1.807, 2.05) is 12.1 Å². The lowest BCUT2D eigenvalue weighted by atomic mass is 9.89. The number of hydrogen-bond donors (Lipinski definition) is 0. The van der Waals surface area contributed by atoms with Crippen molar-refractivity contribution in [2.24, 2.45) is 0 Å². The second kappa shape index (κ2) is 7.87. The van der Waals surface area contributed by atoms with Crippen LogP contribution in [0, 0.1) is 0 Å². The fourth-order valence-corrected chi connectivity index (χ4v) is 4.29. The van der Waals surface area contributed by atoms with Gasteiger partial charge in [0.25, 0.3) is 5.22 Å². The van der Waals surface area contributed by atoms with Gasteiger partial charge in [0.15, 0.2) is 11.5 Å². The van der Waals surface area contributed by atoms with Crippen LogP contribution in [0.4, 0.5) is 0 Å². The van der Waals surface area contributed by atoms with E-state index in [0.29, 0.717) is 46.6 Å². The molecule has 1 saturated carbocycles. The highest BCUT2D eigenvalue weighted by atomic mass is 35.5. The van der Waals surface area contributed by atoms with Crippen LogP contribution in [-0.2, 0) is 5.75 Å². The largest absolute Gasteiger partial charge is 0.489 e. The monoisotopic (exact) mass is 380 g/mol. The molecule has 5 nitrogen and oxygen atoms in total. The van der Waals surface area contributed by atoms with Gasteiger partial charge in [0.05, 0.1) is 18.2 Å². The highest BCUT2D eigenvalue weighted by Gasteiger charge is 2.21. The van der Waals surface area contributed by atoms with E-state index >= 15 is 0 Å². The fourth-order valence-electron chi connectivity index (χ4n) is 3.31. The SMILES string of the molecule is Clc1cc(CSc2nnc(C3CCCCC3)o2)cc2c1OCCCO2. The minimum Gasteiger partial charge on any atom is -0.489 e. The smallest absolute Gasteiger partial charge is 0.276 e. The molecule has 2 aliphatic rings. The van der Waals surface area contributed by atoms with Gasteiger partial charge in [0.2, 0.25) is 5.89 Å². The quantitative estimate of drug-likeness (QED) is 0.677. The summed E-state index contributed by atoms with van der Waals surface area (Å²) in [4.78, 5) is 0. The third-order valence-electron chi connectivity index (χ3n) is 4.60. The molecule has 1 aromatic heterocycles. The van der Waals surface area contributed by atoms with Gasteiger partial charge in [-0.1, -0.05) is 42.6 Å². The number of halogens is 1. The summed E-state index contributed by atoms with van der Waals surface area (Å²) in [6.07, 6.45) is 7.00. The number of fused-ring (bicyclic) bond motifs is 1. The number of thioether (sulfide) groups is 1. The molecule has 1 aromatic carbocycles. The Morgan fingerprint density at radius 2 is 1.88 bits per heavy atom. The molecule has 2 aromatic rings. The molecule has 0 bridgehead atoms. The first-order valence-electron chi connectivity index (χ1n) is 8.84. The summed E-state index contributed by atoms with van der Waals surface area (Å²) < 4.78 is 17.3. The molecule has 0 amide bonds. The summed E-state index contributed by atoms with van der Waals surface area (Å²) in [6.45, 7) is 1.28. The summed E-state index contributed by atoms with van der Waals surface area (Å²) in [5.41, 5.74) is 1.05. The Kier molecular flexibility index (Phi) is 5.36. The molecule has 0 spiro atoms. The van der Waals surface area contributed by atoms with Crippen molar-refractivity contribution in [2.75, 3.05) is 13.2 Å². The predicted octanol–water partition coefficient (Wildman–Crippen LogP) is 5.22. The van der Waals surface area contributed by atoms with Gasteiger partial charge in [0, 0.05) is 18.1 Å². The summed E-state index contributed by atoms with van der Waals surface area (Å²) in [5, 5.41) is 9.63. The minimum absolute atomic E-state index is 0.433. The minimum atomic E-state index is 0.433. The molecule has 7 heteroatoms. The molecule has 1 aliphatic carbocycles. The first kappa shape index (κ1) is 17.0. The zero-order valence-electron chi connectivity index (χ0n) is 14.0. The van der Waals surface area contributed by atoms with Crippen molar-refractivity contribution in [1.29, 1.82) is 0 Å². The summed E-state index contributed by atoms with van der Waals surface area (Å²) in [5.74, 6) is 3.28. The molecule has 0 atom stereocenters. The van der Waals surface area contributed by atoms with E-state index in [1.165, 1.54) is 31.0 Å². The highest BCUT2D eigenvalue weighted by Crippen LogP contribution is 2.39. The van der Waals surface area contributed by atoms with Crippen LogP contribution in [0.15, 0.2) is 21.8 Å². The van der Waals surface area contributed by atoms with Crippen LogP contribution in [0.1, 0.15) is 55.9 Å². The van der Waals surface area contributed by atoms with Gasteiger partial charge < -0.3 is 13.9 Å². The molecule has 0 N–H and O–H groups in total. The molecule has 4 rings (SSSR count). The third kappa shape index (κ3) is 4.06. The molecule has 1 fully saturated rings. The molecule has 1 aliphatic heterocycles. The number of benzene rings is 1. The van der Waals surface area contributed by atoms with Crippen molar-refractivity contribution < 1.29 is 13.9 Å². The maximum absolute atomic E-state index is 6.34. The first-order chi connectivity index (χ1) is 12.3. The number of rotatable bonds is 4. The van der Waals surface area contributed by atoms with E-state index in [-0.39, 0.29) is 0 Å². The molecular weight excluding hydrogens is 360 g/mol. The second-order valence-electron chi connectivity index (χ2n) is 6.49. The van der Waals surface area contributed by atoms with Crippen LogP contribution in [0.3, 0.4) is 0 Å². The van der Waals surface area contributed by atoms with Crippen LogP contribution in [0.5, 0.6) is 11.5 Å². The number of ether oxygens (including phenoxy) is 2. The van der Waals surface area contributed by atoms with Crippen molar-refractivity contribution in [3.05, 3.63) is 28.6 Å². The Bertz CT molecular complexity index is 731. The van der Waals surface area contributed by atoms with Crippen molar-refractivity contribution in [3.63, 3.8) is 0 Å². The normalized spacial score (nSPS) is 18.1. The second-order valence-corrected chi connectivity index (χ2v) is 7.82. The Morgan fingerprint density at radius 1 is 1.04 bits per heavy atom. The van der Waals surface area contributed by atoms with Gasteiger partial charge in [-0.15, -0.1) is 10.2 Å². The topological polar surface area (TPSA) is 57.4 Å². The number of aromatic nitrogens is 2. The molecule has 134 valence electrons. The van der Waals surface area contributed by atoms with Crippen LogP contribution in [0.2, 0.25) is 5.02 Å². The highest BCUT2D eigenvalue weighted by molar-refractivity contribution is 7.98. The Balaban J connectivity index is 1.42. The van der Waals surface area contributed by atoms with Gasteiger partial charge in [-0.3, -0.25) is 0 Å². The molecular formula is C18H21ClN2O3S. The Morgan fingerprint density at radius 3 is 2.76 bits per heavy atom. The molecule has 0 unspecified atom stereocenters. The average Bonchev–Trinajstić information content (AvgIpc) is 2.98. The lowest BCUT2D eigenvalue weighted by molar-refractivity contribution is 0.297. The molecule has 2 heterocycles. The van der Waals surface area contributed by atoms with E-state index in [1.54, 1.807) is 0 Å².